The zero-order chi connectivity index (χ0) is 15.8. The number of halogens is 1. The number of benzene rings is 1. The molecule has 0 heterocycles. The van der Waals surface area contributed by atoms with E-state index in [1.54, 1.807) is 0 Å². The molecule has 1 unspecified atom stereocenters. The van der Waals surface area contributed by atoms with Crippen LogP contribution in [0.4, 0.5) is 11.4 Å². The van der Waals surface area contributed by atoms with E-state index < -0.39 is 10.9 Å². The lowest BCUT2D eigenvalue weighted by atomic mass is 9.92. The molecule has 114 valence electrons. The van der Waals surface area contributed by atoms with Crippen molar-refractivity contribution in [1.82, 2.24) is 0 Å². The summed E-state index contributed by atoms with van der Waals surface area (Å²) in [6, 6.07) is 2.34. The molecule has 21 heavy (non-hydrogen) atoms. The van der Waals surface area contributed by atoms with Crippen molar-refractivity contribution in [3.8, 4) is 0 Å². The first-order chi connectivity index (χ1) is 9.69. The number of non-ortho nitro benzene ring substituents is 1. The lowest BCUT2D eigenvalue weighted by Crippen LogP contribution is -2.20. The van der Waals surface area contributed by atoms with Gasteiger partial charge in [0.25, 0.3) is 5.69 Å². The van der Waals surface area contributed by atoms with Crippen LogP contribution >= 0.6 is 11.6 Å². The van der Waals surface area contributed by atoms with Crippen molar-refractivity contribution in [3.05, 3.63) is 32.8 Å². The second kappa shape index (κ2) is 5.52. The zero-order valence-corrected chi connectivity index (χ0v) is 12.6. The highest BCUT2D eigenvalue weighted by molar-refractivity contribution is 6.34. The number of aromatic carboxylic acids is 1. The van der Waals surface area contributed by atoms with Gasteiger partial charge in [0, 0.05) is 18.2 Å². The number of nitro benzene ring substituents is 1. The van der Waals surface area contributed by atoms with Gasteiger partial charge in [-0.3, -0.25) is 10.1 Å². The van der Waals surface area contributed by atoms with Crippen molar-refractivity contribution < 1.29 is 14.8 Å². The number of rotatable bonds is 4. The second-order valence-electron chi connectivity index (χ2n) is 6.16. The summed E-state index contributed by atoms with van der Waals surface area (Å²) in [6.07, 6.45) is 2.86. The van der Waals surface area contributed by atoms with Crippen LogP contribution in [0.15, 0.2) is 12.1 Å². The maximum atomic E-state index is 11.3. The molecule has 1 aliphatic carbocycles. The molecule has 2 rings (SSSR count). The molecule has 7 heteroatoms. The van der Waals surface area contributed by atoms with E-state index in [0.29, 0.717) is 0 Å². The third kappa shape index (κ3) is 3.44. The van der Waals surface area contributed by atoms with Crippen molar-refractivity contribution in [2.45, 2.75) is 39.2 Å². The minimum Gasteiger partial charge on any atom is -0.478 e. The van der Waals surface area contributed by atoms with Crippen molar-refractivity contribution in [3.63, 3.8) is 0 Å². The summed E-state index contributed by atoms with van der Waals surface area (Å²) in [7, 11) is 0. The molecule has 1 aromatic rings. The first-order valence-electron chi connectivity index (χ1n) is 6.67. The Morgan fingerprint density at radius 1 is 1.52 bits per heavy atom. The molecule has 1 fully saturated rings. The Kier molecular flexibility index (Phi) is 4.09. The predicted octanol–water partition coefficient (Wildman–Crippen LogP) is 3.94. The van der Waals surface area contributed by atoms with E-state index >= 15 is 0 Å². The number of hydrogen-bond donors (Lipinski definition) is 2. The lowest BCUT2D eigenvalue weighted by Gasteiger charge is -2.20. The van der Waals surface area contributed by atoms with Crippen molar-refractivity contribution in [2.75, 3.05) is 5.32 Å². The van der Waals surface area contributed by atoms with Crippen LogP contribution in [-0.4, -0.2) is 22.0 Å². The zero-order valence-electron chi connectivity index (χ0n) is 11.9. The van der Waals surface area contributed by atoms with E-state index in [9.17, 15) is 20.0 Å². The number of hydrogen-bond acceptors (Lipinski definition) is 4. The number of carboxylic acid groups (broad SMARTS) is 1. The van der Waals surface area contributed by atoms with E-state index in [4.69, 9.17) is 11.6 Å². The molecule has 0 radical (unpaired) electrons. The van der Waals surface area contributed by atoms with Crippen LogP contribution in [0.25, 0.3) is 0 Å². The molecule has 0 saturated heterocycles. The third-order valence-corrected chi connectivity index (χ3v) is 4.13. The van der Waals surface area contributed by atoms with Crippen molar-refractivity contribution in [2.24, 2.45) is 5.41 Å². The molecule has 6 nitrogen and oxygen atoms in total. The number of nitrogens with zero attached hydrogens (tertiary/aromatic N) is 1. The Morgan fingerprint density at radius 2 is 2.19 bits per heavy atom. The van der Waals surface area contributed by atoms with Gasteiger partial charge in [-0.05, 0) is 24.7 Å². The van der Waals surface area contributed by atoms with Crippen LogP contribution in [0, 0.1) is 15.5 Å². The van der Waals surface area contributed by atoms with Crippen LogP contribution in [0.2, 0.25) is 5.02 Å². The maximum absolute atomic E-state index is 11.3. The fraction of sp³-hybridized carbons (Fsp3) is 0.500. The topological polar surface area (TPSA) is 92.5 Å². The van der Waals surface area contributed by atoms with Gasteiger partial charge in [-0.25, -0.2) is 4.79 Å². The first kappa shape index (κ1) is 15.6. The van der Waals surface area contributed by atoms with Crippen LogP contribution in [0.5, 0.6) is 0 Å². The lowest BCUT2D eigenvalue weighted by molar-refractivity contribution is -0.384. The summed E-state index contributed by atoms with van der Waals surface area (Å²) in [5, 5.41) is 23.3. The van der Waals surface area contributed by atoms with Crippen LogP contribution < -0.4 is 5.32 Å². The van der Waals surface area contributed by atoms with Gasteiger partial charge in [0.2, 0.25) is 0 Å². The molecule has 1 aliphatic rings. The Labute approximate surface area is 127 Å². The molecule has 0 amide bonds. The van der Waals surface area contributed by atoms with Crippen molar-refractivity contribution >= 4 is 28.9 Å². The highest BCUT2D eigenvalue weighted by atomic mass is 35.5. The van der Waals surface area contributed by atoms with Gasteiger partial charge in [0.15, 0.2) is 0 Å². The van der Waals surface area contributed by atoms with Gasteiger partial charge < -0.3 is 10.4 Å². The minimum absolute atomic E-state index is 0.0614. The first-order valence-corrected chi connectivity index (χ1v) is 7.05. The number of anilines is 1. The van der Waals surface area contributed by atoms with E-state index in [2.05, 4.69) is 19.2 Å². The Bertz CT molecular complexity index is 601. The van der Waals surface area contributed by atoms with Gasteiger partial charge in [-0.2, -0.15) is 0 Å². The van der Waals surface area contributed by atoms with E-state index in [0.717, 1.165) is 25.3 Å². The normalized spacial score (nSPS) is 20.2. The van der Waals surface area contributed by atoms with E-state index in [1.165, 1.54) is 6.07 Å². The molecule has 1 aromatic carbocycles. The van der Waals surface area contributed by atoms with Gasteiger partial charge in [0.1, 0.15) is 0 Å². The monoisotopic (exact) mass is 312 g/mol. The quantitative estimate of drug-likeness (QED) is 0.649. The number of nitrogens with one attached hydrogen (secondary N) is 1. The average molecular weight is 313 g/mol. The molecule has 0 spiro atoms. The summed E-state index contributed by atoms with van der Waals surface area (Å²) >= 11 is 6.04. The van der Waals surface area contributed by atoms with Crippen LogP contribution in [-0.2, 0) is 0 Å². The molecule has 0 bridgehead atoms. The highest BCUT2D eigenvalue weighted by Crippen LogP contribution is 2.40. The van der Waals surface area contributed by atoms with Crippen LogP contribution in [0.1, 0.15) is 43.5 Å². The van der Waals surface area contributed by atoms with Gasteiger partial charge >= 0.3 is 5.97 Å². The second-order valence-corrected chi connectivity index (χ2v) is 6.57. The summed E-state index contributed by atoms with van der Waals surface area (Å²) in [5.41, 5.74) is -0.0278. The molecular weight excluding hydrogens is 296 g/mol. The van der Waals surface area contributed by atoms with Crippen LogP contribution in [0.3, 0.4) is 0 Å². The fourth-order valence-electron chi connectivity index (χ4n) is 2.78. The molecule has 1 saturated carbocycles. The number of carboxylic acids is 1. The molecule has 2 N–H and O–H groups in total. The molecule has 0 aliphatic heterocycles. The average Bonchev–Trinajstić information content (AvgIpc) is 2.70. The fourth-order valence-corrected chi connectivity index (χ4v) is 3.04. The summed E-state index contributed by atoms with van der Waals surface area (Å²) in [4.78, 5) is 21.5. The number of nitro groups is 1. The Morgan fingerprint density at radius 3 is 2.67 bits per heavy atom. The largest absolute Gasteiger partial charge is 0.478 e. The van der Waals surface area contributed by atoms with Gasteiger partial charge in [0.05, 0.1) is 21.2 Å². The number of carbonyl (C=O) groups is 1. The van der Waals surface area contributed by atoms with Gasteiger partial charge in [-0.1, -0.05) is 25.4 Å². The van der Waals surface area contributed by atoms with Crippen molar-refractivity contribution in [1.29, 1.82) is 0 Å². The van der Waals surface area contributed by atoms with Gasteiger partial charge in [-0.15, -0.1) is 0 Å². The summed E-state index contributed by atoms with van der Waals surface area (Å²) in [5.74, 6) is -1.24. The van der Waals surface area contributed by atoms with E-state index in [-0.39, 0.29) is 33.4 Å². The standard InChI is InChI=1S/C14H17ClN2O4/c1-14(2)4-3-8(7-14)16-12-10(13(18)19)5-9(17(20)21)6-11(12)15/h5-6,8,16H,3-4,7H2,1-2H3,(H,18,19). The highest BCUT2D eigenvalue weighted by Gasteiger charge is 2.32. The SMILES string of the molecule is CC1(C)CCC(Nc2c(Cl)cc([N+](=O)[O-])cc2C(=O)O)C1. The maximum Gasteiger partial charge on any atom is 0.338 e. The Hall–Kier alpha value is -1.82. The summed E-state index contributed by atoms with van der Waals surface area (Å²) < 4.78 is 0. The third-order valence-electron chi connectivity index (χ3n) is 3.83. The predicted molar refractivity (Wildman–Crippen MR) is 80.1 cm³/mol. The molecule has 1 atom stereocenters. The summed E-state index contributed by atoms with van der Waals surface area (Å²) in [6.45, 7) is 4.31. The smallest absolute Gasteiger partial charge is 0.338 e. The molecular formula is C14H17ClN2O4. The Balaban J connectivity index is 2.34. The minimum atomic E-state index is -1.24. The molecule has 0 aromatic heterocycles. The van der Waals surface area contributed by atoms with E-state index in [1.807, 2.05) is 0 Å².